The average Bonchev–Trinajstić information content (AvgIpc) is 2.91. The summed E-state index contributed by atoms with van der Waals surface area (Å²) in [6.07, 6.45) is 6.22. The highest BCUT2D eigenvalue weighted by molar-refractivity contribution is 5.98. The maximum atomic E-state index is 13.2. The minimum atomic E-state index is -0.545. The van der Waals surface area contributed by atoms with Gasteiger partial charge in [-0.1, -0.05) is 0 Å². The summed E-state index contributed by atoms with van der Waals surface area (Å²) in [7, 11) is 1.63. The van der Waals surface area contributed by atoms with Crippen LogP contribution < -0.4 is 10.6 Å². The van der Waals surface area contributed by atoms with Crippen LogP contribution in [0.2, 0.25) is 0 Å². The summed E-state index contributed by atoms with van der Waals surface area (Å²) in [4.78, 5) is 19.9. The molecule has 2 N–H and O–H groups in total. The minimum absolute atomic E-state index is 0.121. The number of imidazole rings is 1. The van der Waals surface area contributed by atoms with Crippen molar-refractivity contribution < 1.29 is 9.18 Å². The minimum Gasteiger partial charge on any atom is -0.372 e. The molecule has 0 saturated carbocycles. The monoisotopic (exact) mass is 277 g/mol. The van der Waals surface area contributed by atoms with E-state index in [1.807, 2.05) is 17.7 Å². The molecule has 0 fully saturated rings. The van der Waals surface area contributed by atoms with Gasteiger partial charge in [0.05, 0.1) is 18.1 Å². The number of nitrogens with one attached hydrogen (secondary N) is 2. The SMILES string of the molecule is CNc1ncc(F)cc1C(=O)NC(C)Cn1ccnc1. The zero-order chi connectivity index (χ0) is 14.5. The number of carbonyl (C=O) groups is 1. The van der Waals surface area contributed by atoms with Crippen LogP contribution in [0, 0.1) is 5.82 Å². The van der Waals surface area contributed by atoms with E-state index < -0.39 is 5.82 Å². The lowest BCUT2D eigenvalue weighted by molar-refractivity contribution is 0.0936. The van der Waals surface area contributed by atoms with E-state index in [1.165, 1.54) is 0 Å². The molecule has 1 unspecified atom stereocenters. The largest absolute Gasteiger partial charge is 0.372 e. The summed E-state index contributed by atoms with van der Waals surface area (Å²) >= 11 is 0. The van der Waals surface area contributed by atoms with Crippen molar-refractivity contribution in [2.45, 2.75) is 19.5 Å². The number of amides is 1. The molecule has 0 bridgehead atoms. The van der Waals surface area contributed by atoms with Crippen LogP contribution in [0.25, 0.3) is 0 Å². The zero-order valence-corrected chi connectivity index (χ0v) is 11.3. The number of halogens is 1. The highest BCUT2D eigenvalue weighted by Gasteiger charge is 2.15. The van der Waals surface area contributed by atoms with Gasteiger partial charge in [-0.2, -0.15) is 0 Å². The highest BCUT2D eigenvalue weighted by atomic mass is 19.1. The first-order valence-electron chi connectivity index (χ1n) is 6.20. The summed E-state index contributed by atoms with van der Waals surface area (Å²) in [5, 5.41) is 5.57. The average molecular weight is 277 g/mol. The third kappa shape index (κ3) is 3.31. The van der Waals surface area contributed by atoms with Crippen molar-refractivity contribution in [2.75, 3.05) is 12.4 Å². The van der Waals surface area contributed by atoms with E-state index in [0.717, 1.165) is 12.3 Å². The molecule has 7 heteroatoms. The Hall–Kier alpha value is -2.44. The molecule has 2 heterocycles. The Kier molecular flexibility index (Phi) is 4.29. The van der Waals surface area contributed by atoms with Gasteiger partial charge in [-0.25, -0.2) is 14.4 Å². The number of nitrogens with zero attached hydrogens (tertiary/aromatic N) is 3. The summed E-state index contributed by atoms with van der Waals surface area (Å²) in [6.45, 7) is 2.45. The molecule has 0 aliphatic carbocycles. The second-order valence-electron chi connectivity index (χ2n) is 4.43. The molecule has 0 radical (unpaired) electrons. The van der Waals surface area contributed by atoms with Crippen LogP contribution in [0.1, 0.15) is 17.3 Å². The van der Waals surface area contributed by atoms with Gasteiger partial charge in [0.2, 0.25) is 0 Å². The van der Waals surface area contributed by atoms with Crippen molar-refractivity contribution in [1.82, 2.24) is 19.9 Å². The van der Waals surface area contributed by atoms with Crippen molar-refractivity contribution in [3.63, 3.8) is 0 Å². The molecule has 1 amide bonds. The van der Waals surface area contributed by atoms with Crippen LogP contribution in [0.4, 0.5) is 10.2 Å². The lowest BCUT2D eigenvalue weighted by Crippen LogP contribution is -2.36. The molecule has 2 aromatic rings. The smallest absolute Gasteiger partial charge is 0.255 e. The maximum absolute atomic E-state index is 13.2. The Morgan fingerprint density at radius 1 is 1.55 bits per heavy atom. The third-order valence-corrected chi connectivity index (χ3v) is 2.76. The Labute approximate surface area is 116 Å². The number of aromatic nitrogens is 3. The van der Waals surface area contributed by atoms with Crippen LogP contribution in [-0.4, -0.2) is 33.5 Å². The van der Waals surface area contributed by atoms with E-state index in [-0.39, 0.29) is 17.5 Å². The molecule has 1 atom stereocenters. The zero-order valence-electron chi connectivity index (χ0n) is 11.3. The first-order valence-corrected chi connectivity index (χ1v) is 6.20. The van der Waals surface area contributed by atoms with Crippen LogP contribution in [0.3, 0.4) is 0 Å². The fourth-order valence-electron chi connectivity index (χ4n) is 1.87. The summed E-state index contributed by atoms with van der Waals surface area (Å²) < 4.78 is 15.1. The van der Waals surface area contributed by atoms with Crippen molar-refractivity contribution in [3.05, 3.63) is 42.4 Å². The van der Waals surface area contributed by atoms with Gasteiger partial charge in [0.15, 0.2) is 0 Å². The van der Waals surface area contributed by atoms with Crippen molar-refractivity contribution in [1.29, 1.82) is 0 Å². The molecular formula is C13H16FN5O. The van der Waals surface area contributed by atoms with E-state index in [0.29, 0.717) is 12.4 Å². The van der Waals surface area contributed by atoms with Gasteiger partial charge in [0, 0.05) is 32.0 Å². The normalized spacial score (nSPS) is 11.9. The van der Waals surface area contributed by atoms with Crippen LogP contribution >= 0.6 is 0 Å². The molecule has 0 aromatic carbocycles. The highest BCUT2D eigenvalue weighted by Crippen LogP contribution is 2.13. The molecule has 0 saturated heterocycles. The second-order valence-corrected chi connectivity index (χ2v) is 4.43. The molecule has 2 aromatic heterocycles. The van der Waals surface area contributed by atoms with Gasteiger partial charge in [-0.15, -0.1) is 0 Å². The molecule has 106 valence electrons. The van der Waals surface area contributed by atoms with Gasteiger partial charge in [-0.05, 0) is 13.0 Å². The van der Waals surface area contributed by atoms with Crippen LogP contribution in [0.5, 0.6) is 0 Å². The molecule has 0 aliphatic rings. The quantitative estimate of drug-likeness (QED) is 0.863. The van der Waals surface area contributed by atoms with Crippen LogP contribution in [0.15, 0.2) is 31.0 Å². The molecular weight excluding hydrogens is 261 g/mol. The van der Waals surface area contributed by atoms with Gasteiger partial charge in [-0.3, -0.25) is 4.79 Å². The predicted octanol–water partition coefficient (Wildman–Crippen LogP) is 1.28. The Bertz CT molecular complexity index is 584. The van der Waals surface area contributed by atoms with Gasteiger partial charge in [0.1, 0.15) is 11.6 Å². The van der Waals surface area contributed by atoms with E-state index in [4.69, 9.17) is 0 Å². The molecule has 6 nitrogen and oxygen atoms in total. The topological polar surface area (TPSA) is 71.8 Å². The Morgan fingerprint density at radius 3 is 3.00 bits per heavy atom. The number of pyridine rings is 1. The third-order valence-electron chi connectivity index (χ3n) is 2.76. The van der Waals surface area contributed by atoms with E-state index in [2.05, 4.69) is 20.6 Å². The number of hydrogen-bond acceptors (Lipinski definition) is 4. The summed E-state index contributed by atoms with van der Waals surface area (Å²) in [5.41, 5.74) is 0.185. The Balaban J connectivity index is 2.06. The molecule has 2 rings (SSSR count). The number of hydrogen-bond donors (Lipinski definition) is 2. The number of rotatable bonds is 5. The molecule has 0 spiro atoms. The van der Waals surface area contributed by atoms with E-state index >= 15 is 0 Å². The molecule has 20 heavy (non-hydrogen) atoms. The Morgan fingerprint density at radius 2 is 2.35 bits per heavy atom. The first-order chi connectivity index (χ1) is 9.60. The lowest BCUT2D eigenvalue weighted by atomic mass is 10.2. The fourth-order valence-corrected chi connectivity index (χ4v) is 1.87. The number of anilines is 1. The summed E-state index contributed by atoms with van der Waals surface area (Å²) in [5.74, 6) is -0.566. The predicted molar refractivity (Wildman–Crippen MR) is 72.9 cm³/mol. The first kappa shape index (κ1) is 14.0. The maximum Gasteiger partial charge on any atom is 0.255 e. The number of carbonyl (C=O) groups excluding carboxylic acids is 1. The standard InChI is InChI=1S/C13H16FN5O/c1-9(7-19-4-3-16-8-19)18-13(20)11-5-10(14)6-17-12(11)15-2/h3-6,8-9H,7H2,1-2H3,(H,15,17)(H,18,20). The van der Waals surface area contributed by atoms with E-state index in [9.17, 15) is 9.18 Å². The van der Waals surface area contributed by atoms with Gasteiger partial charge in [0.25, 0.3) is 5.91 Å². The van der Waals surface area contributed by atoms with E-state index in [1.54, 1.807) is 19.6 Å². The van der Waals surface area contributed by atoms with Gasteiger partial charge >= 0.3 is 0 Å². The van der Waals surface area contributed by atoms with Crippen molar-refractivity contribution in [2.24, 2.45) is 0 Å². The fraction of sp³-hybridized carbons (Fsp3) is 0.308. The van der Waals surface area contributed by atoms with Crippen molar-refractivity contribution >= 4 is 11.7 Å². The lowest BCUT2D eigenvalue weighted by Gasteiger charge is -2.15. The van der Waals surface area contributed by atoms with Crippen molar-refractivity contribution in [3.8, 4) is 0 Å². The van der Waals surface area contributed by atoms with Crippen LogP contribution in [-0.2, 0) is 6.54 Å². The van der Waals surface area contributed by atoms with Gasteiger partial charge < -0.3 is 15.2 Å². The molecule has 0 aliphatic heterocycles. The second kappa shape index (κ2) is 6.14. The summed E-state index contributed by atoms with van der Waals surface area (Å²) in [6, 6.07) is 1.04.